The SMILES string of the molecule is CN(N)C(=O)Nc1ccccc1COc1ccc(O)cc1C1CC1. The second-order valence-electron chi connectivity index (χ2n) is 5.98. The second kappa shape index (κ2) is 6.80. The molecule has 0 unspecified atom stereocenters. The van der Waals surface area contributed by atoms with Crippen molar-refractivity contribution < 1.29 is 14.6 Å². The third kappa shape index (κ3) is 3.78. The van der Waals surface area contributed by atoms with Crippen LogP contribution in [0.25, 0.3) is 0 Å². The Morgan fingerprint density at radius 3 is 2.79 bits per heavy atom. The lowest BCUT2D eigenvalue weighted by molar-refractivity contribution is 0.223. The summed E-state index contributed by atoms with van der Waals surface area (Å²) >= 11 is 0. The summed E-state index contributed by atoms with van der Waals surface area (Å²) in [7, 11) is 1.48. The molecule has 0 atom stereocenters. The summed E-state index contributed by atoms with van der Waals surface area (Å²) in [6.07, 6.45) is 2.24. The van der Waals surface area contributed by atoms with E-state index in [-0.39, 0.29) is 5.75 Å². The van der Waals surface area contributed by atoms with E-state index in [9.17, 15) is 9.90 Å². The highest BCUT2D eigenvalue weighted by molar-refractivity contribution is 5.89. The lowest BCUT2D eigenvalue weighted by Crippen LogP contribution is -2.37. The molecular weight excluding hydrogens is 306 g/mol. The van der Waals surface area contributed by atoms with Crippen LogP contribution in [0, 0.1) is 0 Å². The molecule has 3 rings (SSSR count). The number of benzene rings is 2. The van der Waals surface area contributed by atoms with E-state index < -0.39 is 6.03 Å². The summed E-state index contributed by atoms with van der Waals surface area (Å²) in [6, 6.07) is 12.2. The molecule has 0 radical (unpaired) electrons. The van der Waals surface area contributed by atoms with Gasteiger partial charge in [-0.3, -0.25) is 5.01 Å². The minimum atomic E-state index is -0.397. The Bertz CT molecular complexity index is 742. The van der Waals surface area contributed by atoms with Crippen LogP contribution < -0.4 is 15.9 Å². The molecule has 0 spiro atoms. The van der Waals surface area contributed by atoms with Gasteiger partial charge < -0.3 is 15.2 Å². The van der Waals surface area contributed by atoms with Gasteiger partial charge in [-0.05, 0) is 43.0 Å². The molecule has 0 heterocycles. The summed E-state index contributed by atoms with van der Waals surface area (Å²) in [5.74, 6) is 6.93. The highest BCUT2D eigenvalue weighted by atomic mass is 16.5. The highest BCUT2D eigenvalue weighted by Crippen LogP contribution is 2.45. The van der Waals surface area contributed by atoms with Crippen molar-refractivity contribution in [1.29, 1.82) is 0 Å². The van der Waals surface area contributed by atoms with Crippen molar-refractivity contribution in [2.45, 2.75) is 25.4 Å². The molecule has 1 fully saturated rings. The summed E-state index contributed by atoms with van der Waals surface area (Å²) in [5.41, 5.74) is 2.55. The molecule has 2 aromatic rings. The zero-order valence-corrected chi connectivity index (χ0v) is 13.5. The van der Waals surface area contributed by atoms with E-state index in [0.29, 0.717) is 18.2 Å². The number of nitrogens with one attached hydrogen (secondary N) is 1. The maximum absolute atomic E-state index is 11.7. The Hall–Kier alpha value is -2.73. The number of hydrogen-bond donors (Lipinski definition) is 3. The Labute approximate surface area is 140 Å². The van der Waals surface area contributed by atoms with Gasteiger partial charge in [0.25, 0.3) is 0 Å². The van der Waals surface area contributed by atoms with Gasteiger partial charge in [0.1, 0.15) is 18.1 Å². The fraction of sp³-hybridized carbons (Fsp3) is 0.278. The number of ether oxygens (including phenoxy) is 1. The second-order valence-corrected chi connectivity index (χ2v) is 5.98. The Kier molecular flexibility index (Phi) is 4.57. The van der Waals surface area contributed by atoms with Crippen molar-refractivity contribution in [3.8, 4) is 11.5 Å². The van der Waals surface area contributed by atoms with Gasteiger partial charge in [0.05, 0.1) is 0 Å². The van der Waals surface area contributed by atoms with Crippen LogP contribution in [0.1, 0.15) is 29.9 Å². The van der Waals surface area contributed by atoms with E-state index in [2.05, 4.69) is 5.32 Å². The van der Waals surface area contributed by atoms with Crippen LogP contribution in [0.5, 0.6) is 11.5 Å². The first-order valence-electron chi connectivity index (χ1n) is 7.87. The Morgan fingerprint density at radius 1 is 1.33 bits per heavy atom. The van der Waals surface area contributed by atoms with Crippen molar-refractivity contribution in [1.82, 2.24) is 5.01 Å². The summed E-state index contributed by atoms with van der Waals surface area (Å²) in [6.45, 7) is 0.315. The molecular formula is C18H21N3O3. The lowest BCUT2D eigenvalue weighted by Gasteiger charge is -2.16. The normalized spacial score (nSPS) is 13.4. The quantitative estimate of drug-likeness (QED) is 0.447. The number of anilines is 1. The van der Waals surface area contributed by atoms with Crippen LogP contribution in [-0.4, -0.2) is 23.2 Å². The number of para-hydroxylation sites is 1. The smallest absolute Gasteiger partial charge is 0.335 e. The number of rotatable bonds is 5. The molecule has 4 N–H and O–H groups in total. The monoisotopic (exact) mass is 327 g/mol. The molecule has 0 bridgehead atoms. The van der Waals surface area contributed by atoms with E-state index >= 15 is 0 Å². The highest BCUT2D eigenvalue weighted by Gasteiger charge is 2.27. The van der Waals surface area contributed by atoms with Crippen molar-refractivity contribution in [3.05, 3.63) is 53.6 Å². The minimum Gasteiger partial charge on any atom is -0.508 e. The number of urea groups is 1. The molecule has 6 nitrogen and oxygen atoms in total. The lowest BCUT2D eigenvalue weighted by atomic mass is 10.1. The molecule has 24 heavy (non-hydrogen) atoms. The number of amides is 2. The van der Waals surface area contributed by atoms with Crippen LogP contribution >= 0.6 is 0 Å². The van der Waals surface area contributed by atoms with Crippen LogP contribution in [0.4, 0.5) is 10.5 Å². The predicted molar refractivity (Wildman–Crippen MR) is 91.8 cm³/mol. The van der Waals surface area contributed by atoms with E-state index in [1.807, 2.05) is 18.2 Å². The maximum atomic E-state index is 11.7. The molecule has 0 aromatic heterocycles. The first kappa shape index (κ1) is 16.1. The largest absolute Gasteiger partial charge is 0.508 e. The number of nitrogens with two attached hydrogens (primary N) is 1. The number of carbonyl (C=O) groups excluding carboxylic acids is 1. The van der Waals surface area contributed by atoms with Gasteiger partial charge in [-0.2, -0.15) is 0 Å². The van der Waals surface area contributed by atoms with Gasteiger partial charge in [-0.25, -0.2) is 10.6 Å². The van der Waals surface area contributed by atoms with Crippen LogP contribution in [-0.2, 0) is 6.61 Å². The summed E-state index contributed by atoms with van der Waals surface area (Å²) in [4.78, 5) is 11.7. The Morgan fingerprint density at radius 2 is 2.08 bits per heavy atom. The average molecular weight is 327 g/mol. The molecule has 0 saturated heterocycles. The van der Waals surface area contributed by atoms with E-state index in [1.54, 1.807) is 24.3 Å². The topological polar surface area (TPSA) is 87.8 Å². The summed E-state index contributed by atoms with van der Waals surface area (Å²) in [5, 5.41) is 13.4. The van der Waals surface area contributed by atoms with Gasteiger partial charge in [0, 0.05) is 23.9 Å². The number of aromatic hydroxyl groups is 1. The van der Waals surface area contributed by atoms with E-state index in [1.165, 1.54) is 7.05 Å². The fourth-order valence-corrected chi connectivity index (χ4v) is 2.51. The minimum absolute atomic E-state index is 0.253. The number of phenols is 1. The zero-order chi connectivity index (χ0) is 17.1. The third-order valence-corrected chi connectivity index (χ3v) is 3.97. The fourth-order valence-electron chi connectivity index (χ4n) is 2.51. The number of phenolic OH excluding ortho intramolecular Hbond substituents is 1. The first-order valence-corrected chi connectivity index (χ1v) is 7.87. The van der Waals surface area contributed by atoms with Crippen LogP contribution in [0.3, 0.4) is 0 Å². The van der Waals surface area contributed by atoms with Crippen molar-refractivity contribution in [2.75, 3.05) is 12.4 Å². The molecule has 1 saturated carbocycles. The van der Waals surface area contributed by atoms with Gasteiger partial charge in [-0.1, -0.05) is 18.2 Å². The molecule has 2 aromatic carbocycles. The van der Waals surface area contributed by atoms with Gasteiger partial charge in [0.2, 0.25) is 0 Å². The summed E-state index contributed by atoms with van der Waals surface area (Å²) < 4.78 is 5.95. The van der Waals surface area contributed by atoms with Crippen molar-refractivity contribution in [3.63, 3.8) is 0 Å². The molecule has 1 aliphatic rings. The molecule has 126 valence electrons. The average Bonchev–Trinajstić information content (AvgIpc) is 3.39. The number of carbonyl (C=O) groups is 1. The number of hydrogen-bond acceptors (Lipinski definition) is 4. The van der Waals surface area contributed by atoms with Crippen LogP contribution in [0.2, 0.25) is 0 Å². The predicted octanol–water partition coefficient (Wildman–Crippen LogP) is 3.19. The number of nitrogens with zero attached hydrogens (tertiary/aromatic N) is 1. The Balaban J connectivity index is 1.74. The molecule has 1 aliphatic carbocycles. The van der Waals surface area contributed by atoms with Crippen LogP contribution in [0.15, 0.2) is 42.5 Å². The number of hydrazine groups is 1. The first-order chi connectivity index (χ1) is 11.5. The van der Waals surface area contributed by atoms with Crippen molar-refractivity contribution >= 4 is 11.7 Å². The van der Waals surface area contributed by atoms with Gasteiger partial charge in [-0.15, -0.1) is 0 Å². The molecule has 6 heteroatoms. The molecule has 2 amide bonds. The van der Waals surface area contributed by atoms with Crippen molar-refractivity contribution in [2.24, 2.45) is 5.84 Å². The third-order valence-electron chi connectivity index (χ3n) is 3.97. The zero-order valence-electron chi connectivity index (χ0n) is 13.5. The van der Waals surface area contributed by atoms with E-state index in [4.69, 9.17) is 10.6 Å². The van der Waals surface area contributed by atoms with E-state index in [0.717, 1.165) is 34.7 Å². The maximum Gasteiger partial charge on any atom is 0.335 e. The van der Waals surface area contributed by atoms with Gasteiger partial charge >= 0.3 is 6.03 Å². The molecule has 0 aliphatic heterocycles. The standard InChI is InChI=1S/C18H21N3O3/c1-21(19)18(23)20-16-5-3-2-4-13(16)11-24-17-9-8-14(22)10-15(17)12-6-7-12/h2-5,8-10,12,22H,6-7,11,19H2,1H3,(H,20,23). The van der Waals surface area contributed by atoms with Gasteiger partial charge in [0.15, 0.2) is 0 Å².